The van der Waals surface area contributed by atoms with Crippen LogP contribution >= 0.6 is 0 Å². The van der Waals surface area contributed by atoms with Crippen LogP contribution < -0.4 is 14.8 Å². The van der Waals surface area contributed by atoms with Crippen LogP contribution in [0.5, 0.6) is 11.5 Å². The zero-order valence-electron chi connectivity index (χ0n) is 16.5. The minimum absolute atomic E-state index is 0.181. The topological polar surface area (TPSA) is 128 Å². The summed E-state index contributed by atoms with van der Waals surface area (Å²) in [5.74, 6) is 0.216. The molecule has 0 radical (unpaired) electrons. The number of carbonyl (C=O) groups excluding carboxylic acids is 2. The second-order valence-electron chi connectivity index (χ2n) is 7.07. The molecular weight excluding hydrogens is 394 g/mol. The predicted molar refractivity (Wildman–Crippen MR) is 102 cm³/mol. The van der Waals surface area contributed by atoms with Crippen molar-refractivity contribution in [3.05, 3.63) is 35.7 Å². The van der Waals surface area contributed by atoms with Gasteiger partial charge in [0.25, 0.3) is 5.91 Å². The molecule has 2 atom stereocenters. The molecule has 1 aromatic carbocycles. The SMILES string of the molecule is COc1ccc2cc1OCCn1cc(nn1)CO[C@H]1CN(C(=O)CO)C[C@@H]1NC2=O. The van der Waals surface area contributed by atoms with E-state index >= 15 is 0 Å². The molecule has 11 nitrogen and oxygen atoms in total. The fraction of sp³-hybridized carbons (Fsp3) is 0.474. The Bertz CT molecular complexity index is 932. The molecule has 1 saturated heterocycles. The van der Waals surface area contributed by atoms with E-state index in [1.165, 1.54) is 12.0 Å². The lowest BCUT2D eigenvalue weighted by Gasteiger charge is -2.20. The average molecular weight is 417 g/mol. The summed E-state index contributed by atoms with van der Waals surface area (Å²) in [6.07, 6.45) is 1.31. The van der Waals surface area contributed by atoms with E-state index in [0.29, 0.717) is 35.9 Å². The maximum Gasteiger partial charge on any atom is 0.251 e. The van der Waals surface area contributed by atoms with Crippen molar-refractivity contribution in [2.75, 3.05) is 33.4 Å². The second-order valence-corrected chi connectivity index (χ2v) is 7.07. The Morgan fingerprint density at radius 3 is 3.07 bits per heavy atom. The van der Waals surface area contributed by atoms with Crippen molar-refractivity contribution in [3.8, 4) is 11.5 Å². The molecule has 1 aromatic heterocycles. The second kappa shape index (κ2) is 8.67. The number of amides is 2. The molecule has 3 heterocycles. The fourth-order valence-corrected chi connectivity index (χ4v) is 3.52. The number of hydrogen-bond donors (Lipinski definition) is 2. The van der Waals surface area contributed by atoms with Crippen LogP contribution in [-0.2, 0) is 22.7 Å². The summed E-state index contributed by atoms with van der Waals surface area (Å²) >= 11 is 0. The predicted octanol–water partition coefficient (Wildman–Crippen LogP) is -0.803. The van der Waals surface area contributed by atoms with E-state index in [0.717, 1.165) is 0 Å². The van der Waals surface area contributed by atoms with Gasteiger partial charge in [-0.1, -0.05) is 5.21 Å². The first kappa shape index (κ1) is 20.1. The number of nitrogens with zero attached hydrogens (tertiary/aromatic N) is 4. The number of benzene rings is 1. The molecule has 0 spiro atoms. The van der Waals surface area contributed by atoms with Crippen molar-refractivity contribution in [2.45, 2.75) is 25.3 Å². The Balaban J connectivity index is 1.63. The van der Waals surface area contributed by atoms with Gasteiger partial charge in [-0.3, -0.25) is 9.59 Å². The summed E-state index contributed by atoms with van der Waals surface area (Å²) in [6.45, 7) is 0.852. The molecule has 2 N–H and O–H groups in total. The van der Waals surface area contributed by atoms with Gasteiger partial charge in [0, 0.05) is 18.7 Å². The van der Waals surface area contributed by atoms with Crippen LogP contribution in [0.15, 0.2) is 24.4 Å². The van der Waals surface area contributed by atoms with Crippen LogP contribution in [-0.4, -0.2) is 82.4 Å². The number of aliphatic hydroxyl groups is 1. The molecule has 4 rings (SSSR count). The number of hydrogen-bond acceptors (Lipinski definition) is 8. The molecule has 11 heteroatoms. The number of aliphatic hydroxyl groups excluding tert-OH is 1. The summed E-state index contributed by atoms with van der Waals surface area (Å²) in [7, 11) is 1.53. The van der Waals surface area contributed by atoms with Gasteiger partial charge in [0.2, 0.25) is 5.91 Å². The number of carbonyl (C=O) groups is 2. The maximum atomic E-state index is 12.9. The van der Waals surface area contributed by atoms with Crippen molar-refractivity contribution in [1.82, 2.24) is 25.2 Å². The van der Waals surface area contributed by atoms with Gasteiger partial charge in [-0.05, 0) is 18.2 Å². The largest absolute Gasteiger partial charge is 0.493 e. The first-order valence-electron chi connectivity index (χ1n) is 9.58. The van der Waals surface area contributed by atoms with Crippen LogP contribution in [0.25, 0.3) is 0 Å². The van der Waals surface area contributed by atoms with E-state index in [1.807, 2.05) is 0 Å². The molecule has 1 fully saturated rings. The standard InChI is InChI=1S/C19H23N5O6/c1-28-15-3-2-12-6-16(15)29-5-4-24-7-13(21-22-24)11-30-17-9-23(18(26)10-25)8-14(17)20-19(12)27/h2-3,6-7,14,17,25H,4-5,8-11H2,1H3,(H,20,27)/t14-,17-/m0/s1. The van der Waals surface area contributed by atoms with Crippen LogP contribution in [0, 0.1) is 0 Å². The van der Waals surface area contributed by atoms with Gasteiger partial charge in [0.1, 0.15) is 18.9 Å². The van der Waals surface area contributed by atoms with Crippen molar-refractivity contribution in [3.63, 3.8) is 0 Å². The molecule has 0 unspecified atom stereocenters. The Labute approximate surface area is 172 Å². The van der Waals surface area contributed by atoms with Crippen molar-refractivity contribution in [2.24, 2.45) is 0 Å². The fourth-order valence-electron chi connectivity index (χ4n) is 3.52. The average Bonchev–Trinajstić information content (AvgIpc) is 3.37. The zero-order chi connectivity index (χ0) is 21.1. The molecule has 2 aliphatic heterocycles. The van der Waals surface area contributed by atoms with Gasteiger partial charge in [-0.25, -0.2) is 4.68 Å². The molecular formula is C19H23N5O6. The number of likely N-dealkylation sites (tertiary alicyclic amines) is 1. The monoisotopic (exact) mass is 417 g/mol. The maximum absolute atomic E-state index is 12.9. The number of ether oxygens (including phenoxy) is 3. The number of methoxy groups -OCH3 is 1. The quantitative estimate of drug-likeness (QED) is 0.650. The van der Waals surface area contributed by atoms with Crippen molar-refractivity contribution in [1.29, 1.82) is 0 Å². The van der Waals surface area contributed by atoms with E-state index in [9.17, 15) is 14.7 Å². The molecule has 0 aliphatic carbocycles. The number of rotatable bonds is 2. The van der Waals surface area contributed by atoms with Crippen molar-refractivity contribution < 1.29 is 28.9 Å². The van der Waals surface area contributed by atoms with Gasteiger partial charge < -0.3 is 29.5 Å². The van der Waals surface area contributed by atoms with Gasteiger partial charge >= 0.3 is 0 Å². The van der Waals surface area contributed by atoms with Crippen molar-refractivity contribution >= 4 is 11.8 Å². The Morgan fingerprint density at radius 1 is 1.40 bits per heavy atom. The van der Waals surface area contributed by atoms with E-state index in [4.69, 9.17) is 14.2 Å². The summed E-state index contributed by atoms with van der Waals surface area (Å²) in [6, 6.07) is 4.48. The van der Waals surface area contributed by atoms with Crippen LogP contribution in [0.3, 0.4) is 0 Å². The highest BCUT2D eigenvalue weighted by molar-refractivity contribution is 5.95. The normalized spacial score (nSPS) is 21.7. The molecule has 2 aliphatic rings. The summed E-state index contributed by atoms with van der Waals surface area (Å²) in [5.41, 5.74) is 1.02. The lowest BCUT2D eigenvalue weighted by atomic mass is 10.1. The molecule has 2 amide bonds. The van der Waals surface area contributed by atoms with Gasteiger partial charge in [0.15, 0.2) is 11.5 Å². The Hall–Kier alpha value is -3.18. The minimum atomic E-state index is -0.596. The third kappa shape index (κ3) is 4.21. The van der Waals surface area contributed by atoms with E-state index < -0.39 is 24.7 Å². The molecule has 160 valence electrons. The van der Waals surface area contributed by atoms with Crippen LogP contribution in [0.4, 0.5) is 0 Å². The lowest BCUT2D eigenvalue weighted by molar-refractivity contribution is -0.133. The summed E-state index contributed by atoms with van der Waals surface area (Å²) < 4.78 is 18.7. The molecule has 0 saturated carbocycles. The minimum Gasteiger partial charge on any atom is -0.493 e. The lowest BCUT2D eigenvalue weighted by Crippen LogP contribution is -2.44. The first-order valence-corrected chi connectivity index (χ1v) is 9.58. The van der Waals surface area contributed by atoms with Crippen LogP contribution in [0.1, 0.15) is 16.1 Å². The van der Waals surface area contributed by atoms with Crippen LogP contribution in [0.2, 0.25) is 0 Å². The molecule has 30 heavy (non-hydrogen) atoms. The van der Waals surface area contributed by atoms with E-state index in [2.05, 4.69) is 15.6 Å². The van der Waals surface area contributed by atoms with Gasteiger partial charge in [-0.15, -0.1) is 5.10 Å². The first-order chi connectivity index (χ1) is 14.6. The number of aromatic nitrogens is 3. The third-order valence-electron chi connectivity index (χ3n) is 5.11. The number of nitrogens with one attached hydrogen (secondary N) is 1. The Morgan fingerprint density at radius 2 is 2.27 bits per heavy atom. The summed E-state index contributed by atoms with van der Waals surface area (Å²) in [5, 5.41) is 20.3. The van der Waals surface area contributed by atoms with Gasteiger partial charge in [0.05, 0.1) is 38.6 Å². The third-order valence-corrected chi connectivity index (χ3v) is 5.11. The highest BCUT2D eigenvalue weighted by Gasteiger charge is 2.37. The smallest absolute Gasteiger partial charge is 0.251 e. The molecule has 2 aromatic rings. The van der Waals surface area contributed by atoms with E-state index in [-0.39, 0.29) is 25.6 Å². The highest BCUT2D eigenvalue weighted by Crippen LogP contribution is 2.28. The van der Waals surface area contributed by atoms with E-state index in [1.54, 1.807) is 29.1 Å². The Kier molecular flexibility index (Phi) is 5.81. The van der Waals surface area contributed by atoms with Gasteiger partial charge in [-0.2, -0.15) is 0 Å². The number of fused-ring (bicyclic) bond motifs is 5. The molecule has 4 bridgehead atoms. The summed E-state index contributed by atoms with van der Waals surface area (Å²) in [4.78, 5) is 26.3. The zero-order valence-corrected chi connectivity index (χ0v) is 16.5. The highest BCUT2D eigenvalue weighted by atomic mass is 16.5.